The number of hydrogen-bond acceptors (Lipinski definition) is 4. The Kier molecular flexibility index (Phi) is 2.22. The maximum Gasteiger partial charge on any atom is 0.321 e. The Morgan fingerprint density at radius 2 is 2.47 bits per heavy atom. The highest BCUT2D eigenvalue weighted by Gasteiger charge is 2.34. The molecule has 2 aromatic rings. The molecule has 6 nitrogen and oxygen atoms in total. The molecule has 0 bridgehead atoms. The third kappa shape index (κ3) is 1.62. The van der Waals surface area contributed by atoms with Crippen molar-refractivity contribution in [2.24, 2.45) is 0 Å². The van der Waals surface area contributed by atoms with Gasteiger partial charge in [-0.25, -0.2) is 4.98 Å². The van der Waals surface area contributed by atoms with Crippen molar-refractivity contribution in [3.05, 3.63) is 41.9 Å². The Balaban J connectivity index is 2.01. The largest absolute Gasteiger partial charge is 0.480 e. The highest BCUT2D eigenvalue weighted by Crippen LogP contribution is 2.28. The molecule has 0 saturated heterocycles. The van der Waals surface area contributed by atoms with E-state index in [0.717, 1.165) is 11.4 Å². The predicted molar refractivity (Wildman–Crippen MR) is 57.4 cm³/mol. The number of furan rings is 1. The molecular weight excluding hydrogens is 222 g/mol. The summed E-state index contributed by atoms with van der Waals surface area (Å²) in [5.41, 5.74) is 1.65. The molecule has 0 unspecified atom stereocenters. The molecule has 3 rings (SSSR count). The van der Waals surface area contributed by atoms with E-state index in [4.69, 9.17) is 9.52 Å². The van der Waals surface area contributed by atoms with Crippen molar-refractivity contribution in [2.75, 3.05) is 0 Å². The van der Waals surface area contributed by atoms with Gasteiger partial charge >= 0.3 is 5.97 Å². The minimum Gasteiger partial charge on any atom is -0.480 e. The lowest BCUT2D eigenvalue weighted by molar-refractivity contribution is -0.139. The Hall–Kier alpha value is -2.08. The van der Waals surface area contributed by atoms with Gasteiger partial charge in [-0.15, -0.1) is 0 Å². The number of rotatable bonds is 2. The number of fused-ring (bicyclic) bond motifs is 1. The average molecular weight is 233 g/mol. The molecule has 2 aromatic heterocycles. The maximum absolute atomic E-state index is 11.1. The normalized spacial score (nSPS) is 23.3. The Morgan fingerprint density at radius 3 is 3.18 bits per heavy atom. The highest BCUT2D eigenvalue weighted by atomic mass is 16.4. The zero-order chi connectivity index (χ0) is 11.8. The van der Waals surface area contributed by atoms with E-state index >= 15 is 0 Å². The van der Waals surface area contributed by atoms with E-state index in [-0.39, 0.29) is 6.04 Å². The summed E-state index contributed by atoms with van der Waals surface area (Å²) in [4.78, 5) is 18.3. The number of carboxylic acids is 1. The summed E-state index contributed by atoms with van der Waals surface area (Å²) in [5.74, 6) is -0.203. The fourth-order valence-electron chi connectivity index (χ4n) is 2.12. The summed E-state index contributed by atoms with van der Waals surface area (Å²) in [6, 6.07) is 2.65. The van der Waals surface area contributed by atoms with Crippen molar-refractivity contribution >= 4 is 5.97 Å². The van der Waals surface area contributed by atoms with E-state index in [2.05, 4.69) is 15.3 Å². The van der Waals surface area contributed by atoms with Gasteiger partial charge in [0.05, 0.1) is 18.3 Å². The lowest BCUT2D eigenvalue weighted by atomic mass is 9.98. The second-order valence-corrected chi connectivity index (χ2v) is 3.98. The molecule has 2 atom stereocenters. The topological polar surface area (TPSA) is 91.1 Å². The zero-order valence-corrected chi connectivity index (χ0v) is 8.88. The van der Waals surface area contributed by atoms with Gasteiger partial charge in [0.1, 0.15) is 17.8 Å². The van der Waals surface area contributed by atoms with Crippen LogP contribution in [0.15, 0.2) is 29.1 Å². The molecule has 0 aromatic carbocycles. The molecule has 1 aliphatic heterocycles. The van der Waals surface area contributed by atoms with E-state index in [1.54, 1.807) is 24.7 Å². The third-order valence-corrected chi connectivity index (χ3v) is 2.93. The van der Waals surface area contributed by atoms with Crippen molar-refractivity contribution in [2.45, 2.75) is 18.5 Å². The van der Waals surface area contributed by atoms with E-state index in [1.165, 1.54) is 0 Å². The molecule has 0 spiro atoms. The number of nitrogens with one attached hydrogen (secondary N) is 2. The number of aliphatic carboxylic acids is 1. The Labute approximate surface area is 96.7 Å². The second-order valence-electron chi connectivity index (χ2n) is 3.98. The smallest absolute Gasteiger partial charge is 0.321 e. The number of imidazole rings is 1. The van der Waals surface area contributed by atoms with Crippen LogP contribution in [-0.2, 0) is 11.2 Å². The van der Waals surface area contributed by atoms with Gasteiger partial charge in [-0.3, -0.25) is 10.1 Å². The summed E-state index contributed by atoms with van der Waals surface area (Å²) in [6.45, 7) is 0. The predicted octanol–water partition coefficient (Wildman–Crippen LogP) is 0.691. The number of aromatic amines is 1. The summed E-state index contributed by atoms with van der Waals surface area (Å²) in [6.07, 6.45) is 3.54. The fourth-order valence-corrected chi connectivity index (χ4v) is 2.12. The summed E-state index contributed by atoms with van der Waals surface area (Å²) >= 11 is 0. The number of carbonyl (C=O) groups is 1. The molecule has 1 aliphatic rings. The van der Waals surface area contributed by atoms with Crippen LogP contribution in [-0.4, -0.2) is 27.1 Å². The average Bonchev–Trinajstić information content (AvgIpc) is 2.98. The van der Waals surface area contributed by atoms with Gasteiger partial charge in [0, 0.05) is 12.1 Å². The number of carboxylic acid groups (broad SMARTS) is 1. The molecule has 3 heterocycles. The first-order valence-corrected chi connectivity index (χ1v) is 5.30. The molecule has 0 aliphatic carbocycles. The van der Waals surface area contributed by atoms with E-state index in [9.17, 15) is 4.79 Å². The SMILES string of the molecule is O=C(O)[C@H]1Cc2[nH]cnc2[C@@H](c2ccco2)N1. The molecular formula is C11H11N3O3. The lowest BCUT2D eigenvalue weighted by Gasteiger charge is -2.26. The van der Waals surface area contributed by atoms with Crippen LogP contribution in [0.3, 0.4) is 0 Å². The highest BCUT2D eigenvalue weighted by molar-refractivity contribution is 5.74. The number of H-pyrrole nitrogens is 1. The fraction of sp³-hybridized carbons (Fsp3) is 0.273. The van der Waals surface area contributed by atoms with E-state index < -0.39 is 12.0 Å². The molecule has 6 heteroatoms. The van der Waals surface area contributed by atoms with Gasteiger partial charge in [0.15, 0.2) is 0 Å². The van der Waals surface area contributed by atoms with Crippen LogP contribution in [0, 0.1) is 0 Å². The zero-order valence-electron chi connectivity index (χ0n) is 8.88. The van der Waals surface area contributed by atoms with Gasteiger partial charge < -0.3 is 14.5 Å². The van der Waals surface area contributed by atoms with Crippen molar-refractivity contribution in [3.8, 4) is 0 Å². The van der Waals surface area contributed by atoms with Gasteiger partial charge in [0.2, 0.25) is 0 Å². The van der Waals surface area contributed by atoms with Crippen LogP contribution < -0.4 is 5.32 Å². The van der Waals surface area contributed by atoms with Crippen LogP contribution >= 0.6 is 0 Å². The Morgan fingerprint density at radius 1 is 1.59 bits per heavy atom. The first-order valence-electron chi connectivity index (χ1n) is 5.30. The molecule has 3 N–H and O–H groups in total. The van der Waals surface area contributed by atoms with Gasteiger partial charge in [-0.1, -0.05) is 0 Å². The molecule has 0 amide bonds. The van der Waals surface area contributed by atoms with Gasteiger partial charge in [-0.2, -0.15) is 0 Å². The maximum atomic E-state index is 11.1. The standard InChI is InChI=1S/C11H11N3O3/c15-11(16)7-4-6-9(13-5-12-6)10(14-7)8-2-1-3-17-8/h1-3,5,7,10,14H,4H2,(H,12,13)(H,15,16)/t7-,10-/m1/s1. The van der Waals surface area contributed by atoms with Gasteiger partial charge in [-0.05, 0) is 12.1 Å². The van der Waals surface area contributed by atoms with E-state index in [0.29, 0.717) is 12.2 Å². The van der Waals surface area contributed by atoms with Gasteiger partial charge in [0.25, 0.3) is 0 Å². The number of aromatic nitrogens is 2. The summed E-state index contributed by atoms with van der Waals surface area (Å²) < 4.78 is 5.32. The second kappa shape index (κ2) is 3.74. The molecule has 17 heavy (non-hydrogen) atoms. The van der Waals surface area contributed by atoms with Crippen LogP contribution in [0.5, 0.6) is 0 Å². The lowest BCUT2D eigenvalue weighted by Crippen LogP contribution is -2.45. The van der Waals surface area contributed by atoms with Crippen molar-refractivity contribution in [3.63, 3.8) is 0 Å². The van der Waals surface area contributed by atoms with Crippen molar-refractivity contribution < 1.29 is 14.3 Å². The molecule has 0 saturated carbocycles. The number of nitrogens with zero attached hydrogens (tertiary/aromatic N) is 1. The molecule has 88 valence electrons. The van der Waals surface area contributed by atoms with Crippen LogP contribution in [0.2, 0.25) is 0 Å². The monoisotopic (exact) mass is 233 g/mol. The Bertz CT molecular complexity index is 532. The first-order chi connectivity index (χ1) is 8.25. The van der Waals surface area contributed by atoms with E-state index in [1.807, 2.05) is 0 Å². The van der Waals surface area contributed by atoms with Crippen LogP contribution in [0.25, 0.3) is 0 Å². The van der Waals surface area contributed by atoms with Crippen LogP contribution in [0.4, 0.5) is 0 Å². The quantitative estimate of drug-likeness (QED) is 0.710. The molecule has 0 radical (unpaired) electrons. The summed E-state index contributed by atoms with van der Waals surface area (Å²) in [7, 11) is 0. The first kappa shape index (κ1) is 10.1. The van der Waals surface area contributed by atoms with Crippen LogP contribution in [0.1, 0.15) is 23.2 Å². The minimum atomic E-state index is -0.873. The number of hydrogen-bond donors (Lipinski definition) is 3. The molecule has 0 fully saturated rings. The third-order valence-electron chi connectivity index (χ3n) is 2.93. The van der Waals surface area contributed by atoms with Crippen molar-refractivity contribution in [1.29, 1.82) is 0 Å². The minimum absolute atomic E-state index is 0.305. The summed E-state index contributed by atoms with van der Waals surface area (Å²) in [5, 5.41) is 12.1. The van der Waals surface area contributed by atoms with Crippen molar-refractivity contribution in [1.82, 2.24) is 15.3 Å².